The van der Waals surface area contributed by atoms with Crippen LogP contribution in [0.2, 0.25) is 0 Å². The van der Waals surface area contributed by atoms with Crippen LogP contribution in [0.4, 0.5) is 0 Å². The summed E-state index contributed by atoms with van der Waals surface area (Å²) in [6.07, 6.45) is 0. The SMILES string of the molecule is COCCN(CCO)Cc1ccc(CO)o1. The van der Waals surface area contributed by atoms with Gasteiger partial charge in [0.1, 0.15) is 18.1 Å². The summed E-state index contributed by atoms with van der Waals surface area (Å²) in [7, 11) is 1.65. The van der Waals surface area contributed by atoms with Gasteiger partial charge in [0.25, 0.3) is 0 Å². The number of furan rings is 1. The zero-order valence-electron chi connectivity index (χ0n) is 9.56. The molecule has 0 amide bonds. The van der Waals surface area contributed by atoms with Crippen molar-refractivity contribution in [3.05, 3.63) is 23.7 Å². The van der Waals surface area contributed by atoms with Crippen LogP contribution in [0.5, 0.6) is 0 Å². The Hall–Kier alpha value is -0.880. The van der Waals surface area contributed by atoms with Gasteiger partial charge >= 0.3 is 0 Å². The van der Waals surface area contributed by atoms with E-state index in [1.807, 2.05) is 11.0 Å². The van der Waals surface area contributed by atoms with E-state index in [1.54, 1.807) is 13.2 Å². The largest absolute Gasteiger partial charge is 0.462 e. The maximum atomic E-state index is 8.91. The number of methoxy groups -OCH3 is 1. The number of hydrogen-bond acceptors (Lipinski definition) is 5. The van der Waals surface area contributed by atoms with Crippen molar-refractivity contribution in [2.75, 3.05) is 33.4 Å². The molecule has 0 aliphatic carbocycles. The number of nitrogens with zero attached hydrogens (tertiary/aromatic N) is 1. The zero-order valence-corrected chi connectivity index (χ0v) is 9.56. The van der Waals surface area contributed by atoms with Crippen LogP contribution in [0.3, 0.4) is 0 Å². The molecule has 1 aromatic heterocycles. The lowest BCUT2D eigenvalue weighted by Gasteiger charge is -2.19. The van der Waals surface area contributed by atoms with Crippen LogP contribution in [0.15, 0.2) is 16.5 Å². The first kappa shape index (κ1) is 13.2. The van der Waals surface area contributed by atoms with Crippen LogP contribution >= 0.6 is 0 Å². The fourth-order valence-corrected chi connectivity index (χ4v) is 1.44. The molecule has 1 heterocycles. The predicted molar refractivity (Wildman–Crippen MR) is 58.9 cm³/mol. The molecule has 2 N–H and O–H groups in total. The highest BCUT2D eigenvalue weighted by molar-refractivity contribution is 5.06. The number of aliphatic hydroxyl groups is 2. The molecule has 5 nitrogen and oxygen atoms in total. The van der Waals surface area contributed by atoms with E-state index in [0.717, 1.165) is 12.3 Å². The first-order valence-electron chi connectivity index (χ1n) is 5.30. The van der Waals surface area contributed by atoms with Gasteiger partial charge in [-0.05, 0) is 12.1 Å². The lowest BCUT2D eigenvalue weighted by molar-refractivity contribution is 0.120. The summed E-state index contributed by atoms with van der Waals surface area (Å²) in [6, 6.07) is 3.59. The molecule has 0 unspecified atom stereocenters. The smallest absolute Gasteiger partial charge is 0.129 e. The van der Waals surface area contributed by atoms with E-state index >= 15 is 0 Å². The van der Waals surface area contributed by atoms with Crippen LogP contribution in [-0.2, 0) is 17.9 Å². The van der Waals surface area contributed by atoms with Gasteiger partial charge < -0.3 is 19.4 Å². The molecule has 0 aliphatic rings. The van der Waals surface area contributed by atoms with Gasteiger partial charge in [0.2, 0.25) is 0 Å². The van der Waals surface area contributed by atoms with Gasteiger partial charge in [-0.1, -0.05) is 0 Å². The monoisotopic (exact) mass is 229 g/mol. The minimum Gasteiger partial charge on any atom is -0.462 e. The molecule has 1 rings (SSSR count). The van der Waals surface area contributed by atoms with Crippen molar-refractivity contribution in [1.82, 2.24) is 4.90 Å². The van der Waals surface area contributed by atoms with Gasteiger partial charge in [0.15, 0.2) is 0 Å². The summed E-state index contributed by atoms with van der Waals surface area (Å²) in [5.41, 5.74) is 0. The lowest BCUT2D eigenvalue weighted by Crippen LogP contribution is -2.29. The molecule has 92 valence electrons. The van der Waals surface area contributed by atoms with E-state index in [4.69, 9.17) is 19.4 Å². The molecule has 0 fully saturated rings. The molecule has 5 heteroatoms. The molecule has 0 radical (unpaired) electrons. The fourth-order valence-electron chi connectivity index (χ4n) is 1.44. The zero-order chi connectivity index (χ0) is 11.8. The van der Waals surface area contributed by atoms with E-state index < -0.39 is 0 Å². The molecule has 0 saturated carbocycles. The van der Waals surface area contributed by atoms with E-state index in [0.29, 0.717) is 25.5 Å². The number of aliphatic hydroxyl groups excluding tert-OH is 2. The minimum absolute atomic E-state index is 0.0852. The maximum absolute atomic E-state index is 8.91. The molecular formula is C11H19NO4. The first-order valence-corrected chi connectivity index (χ1v) is 5.30. The fraction of sp³-hybridized carbons (Fsp3) is 0.636. The van der Waals surface area contributed by atoms with Crippen molar-refractivity contribution < 1.29 is 19.4 Å². The highest BCUT2D eigenvalue weighted by Crippen LogP contribution is 2.10. The third-order valence-corrected chi connectivity index (χ3v) is 2.28. The molecular weight excluding hydrogens is 210 g/mol. The van der Waals surface area contributed by atoms with E-state index in [9.17, 15) is 0 Å². The second-order valence-electron chi connectivity index (χ2n) is 3.52. The van der Waals surface area contributed by atoms with Crippen molar-refractivity contribution >= 4 is 0 Å². The summed E-state index contributed by atoms with van der Waals surface area (Å²) >= 11 is 0. The highest BCUT2D eigenvalue weighted by atomic mass is 16.5. The second-order valence-corrected chi connectivity index (χ2v) is 3.52. The predicted octanol–water partition coefficient (Wildman–Crippen LogP) is 0.213. The third-order valence-electron chi connectivity index (χ3n) is 2.28. The average Bonchev–Trinajstić information content (AvgIpc) is 2.74. The molecule has 0 spiro atoms. The highest BCUT2D eigenvalue weighted by Gasteiger charge is 2.08. The van der Waals surface area contributed by atoms with Crippen LogP contribution in [0.25, 0.3) is 0 Å². The molecule has 0 saturated heterocycles. The Bertz CT molecular complexity index is 287. The van der Waals surface area contributed by atoms with E-state index in [2.05, 4.69) is 0 Å². The van der Waals surface area contributed by atoms with Gasteiger partial charge in [-0.3, -0.25) is 4.90 Å². The Balaban J connectivity index is 2.46. The van der Waals surface area contributed by atoms with Crippen LogP contribution < -0.4 is 0 Å². The summed E-state index contributed by atoms with van der Waals surface area (Å²) in [5.74, 6) is 1.35. The standard InChI is InChI=1S/C11H19NO4/c1-15-7-5-12(4-6-13)8-10-2-3-11(9-14)16-10/h2-3,13-14H,4-9H2,1H3. The summed E-state index contributed by atoms with van der Waals surface area (Å²) in [4.78, 5) is 2.03. The van der Waals surface area contributed by atoms with Gasteiger partial charge in [-0.25, -0.2) is 0 Å². The van der Waals surface area contributed by atoms with Crippen LogP contribution in [0.1, 0.15) is 11.5 Å². The Morgan fingerprint density at radius 1 is 1.25 bits per heavy atom. The molecule has 0 atom stereocenters. The van der Waals surface area contributed by atoms with Gasteiger partial charge in [0.05, 0.1) is 19.8 Å². The van der Waals surface area contributed by atoms with Crippen molar-refractivity contribution in [2.24, 2.45) is 0 Å². The summed E-state index contributed by atoms with van der Waals surface area (Å²) < 4.78 is 10.4. The normalized spacial score (nSPS) is 11.2. The summed E-state index contributed by atoms with van der Waals surface area (Å²) in [6.45, 7) is 2.58. The third kappa shape index (κ3) is 4.32. The lowest BCUT2D eigenvalue weighted by atomic mass is 10.4. The number of hydrogen-bond donors (Lipinski definition) is 2. The molecule has 16 heavy (non-hydrogen) atoms. The molecule has 0 aliphatic heterocycles. The number of ether oxygens (including phenoxy) is 1. The second kappa shape index (κ2) is 7.40. The van der Waals surface area contributed by atoms with Crippen LogP contribution in [0, 0.1) is 0 Å². The average molecular weight is 229 g/mol. The van der Waals surface area contributed by atoms with Gasteiger partial charge in [-0.15, -0.1) is 0 Å². The van der Waals surface area contributed by atoms with Crippen molar-refractivity contribution in [3.8, 4) is 0 Å². The Morgan fingerprint density at radius 3 is 2.56 bits per heavy atom. The molecule has 0 aromatic carbocycles. The quantitative estimate of drug-likeness (QED) is 0.667. The minimum atomic E-state index is -0.0852. The molecule has 0 bridgehead atoms. The van der Waals surface area contributed by atoms with Gasteiger partial charge in [0, 0.05) is 20.2 Å². The topological polar surface area (TPSA) is 66.1 Å². The first-order chi connectivity index (χ1) is 7.80. The maximum Gasteiger partial charge on any atom is 0.129 e. The molecule has 1 aromatic rings. The van der Waals surface area contributed by atoms with E-state index in [-0.39, 0.29) is 13.2 Å². The Labute approximate surface area is 95.2 Å². The Morgan fingerprint density at radius 2 is 2.00 bits per heavy atom. The van der Waals surface area contributed by atoms with Crippen molar-refractivity contribution in [2.45, 2.75) is 13.2 Å². The van der Waals surface area contributed by atoms with Crippen molar-refractivity contribution in [1.29, 1.82) is 0 Å². The van der Waals surface area contributed by atoms with Crippen LogP contribution in [-0.4, -0.2) is 48.5 Å². The number of rotatable bonds is 8. The van der Waals surface area contributed by atoms with Crippen molar-refractivity contribution in [3.63, 3.8) is 0 Å². The Kier molecular flexibility index (Phi) is 6.10. The van der Waals surface area contributed by atoms with Gasteiger partial charge in [-0.2, -0.15) is 0 Å². The summed E-state index contributed by atoms with van der Waals surface area (Å²) in [5, 5.41) is 17.8. The van der Waals surface area contributed by atoms with E-state index in [1.165, 1.54) is 0 Å².